The summed E-state index contributed by atoms with van der Waals surface area (Å²) in [5.74, 6) is -1.66. The topological polar surface area (TPSA) is 85.1 Å². The normalized spacial score (nSPS) is 10.2. The molecule has 0 radical (unpaired) electrons. The number of benzene rings is 1. The van der Waals surface area contributed by atoms with Gasteiger partial charge in [0.1, 0.15) is 5.82 Å². The van der Waals surface area contributed by atoms with Crippen LogP contribution in [0.3, 0.4) is 0 Å². The average molecular weight is 310 g/mol. The van der Waals surface area contributed by atoms with E-state index in [-0.39, 0.29) is 22.0 Å². The number of nitro benzene ring substituents is 1. The first-order valence-electron chi connectivity index (χ1n) is 5.75. The first-order chi connectivity index (χ1) is 9.90. The molecular formula is C13H9ClFN3O3. The van der Waals surface area contributed by atoms with E-state index < -0.39 is 22.2 Å². The number of nitrogens with zero attached hydrogens (tertiary/aromatic N) is 2. The van der Waals surface area contributed by atoms with Crippen molar-refractivity contribution < 1.29 is 14.1 Å². The van der Waals surface area contributed by atoms with Crippen molar-refractivity contribution in [2.75, 3.05) is 5.32 Å². The fraction of sp³-hybridized carbons (Fsp3) is 0.0769. The van der Waals surface area contributed by atoms with Crippen LogP contribution in [-0.2, 0) is 0 Å². The summed E-state index contributed by atoms with van der Waals surface area (Å²) < 4.78 is 14.0. The number of non-ortho nitro benzene ring substituents is 1. The number of hydrogen-bond donors (Lipinski definition) is 1. The first-order valence-corrected chi connectivity index (χ1v) is 6.13. The van der Waals surface area contributed by atoms with Crippen LogP contribution >= 0.6 is 11.6 Å². The molecule has 1 aromatic heterocycles. The zero-order valence-corrected chi connectivity index (χ0v) is 11.5. The molecule has 0 saturated carbocycles. The van der Waals surface area contributed by atoms with E-state index in [1.165, 1.54) is 25.4 Å². The number of nitrogens with one attached hydrogen (secondary N) is 1. The van der Waals surface area contributed by atoms with E-state index in [1.807, 2.05) is 0 Å². The maximum atomic E-state index is 14.0. The minimum Gasteiger partial charge on any atom is -0.319 e. The summed E-state index contributed by atoms with van der Waals surface area (Å²) >= 11 is 5.85. The van der Waals surface area contributed by atoms with Crippen LogP contribution in [-0.4, -0.2) is 15.8 Å². The molecule has 1 amide bonds. The van der Waals surface area contributed by atoms with Crippen LogP contribution in [0.5, 0.6) is 0 Å². The predicted octanol–water partition coefficient (Wildman–Crippen LogP) is 3.34. The van der Waals surface area contributed by atoms with Gasteiger partial charge in [-0.25, -0.2) is 4.39 Å². The third kappa shape index (κ3) is 3.14. The van der Waals surface area contributed by atoms with Gasteiger partial charge in [-0.1, -0.05) is 11.6 Å². The molecule has 0 aliphatic heterocycles. The maximum Gasteiger partial charge on any atom is 0.270 e. The first kappa shape index (κ1) is 14.9. The Bertz CT molecular complexity index is 737. The quantitative estimate of drug-likeness (QED) is 0.696. The number of nitro groups is 1. The lowest BCUT2D eigenvalue weighted by Gasteiger charge is -2.08. The lowest BCUT2D eigenvalue weighted by Crippen LogP contribution is -2.15. The number of amides is 1. The molecule has 1 aromatic carbocycles. The number of aryl methyl sites for hydroxylation is 1. The molecule has 0 fully saturated rings. The van der Waals surface area contributed by atoms with Gasteiger partial charge in [-0.15, -0.1) is 0 Å². The SMILES string of the molecule is Cc1cc([N+](=O)[O-])cc(C(=O)Nc2cnccc2Cl)c1F. The smallest absolute Gasteiger partial charge is 0.270 e. The average Bonchev–Trinajstić information content (AvgIpc) is 2.43. The van der Waals surface area contributed by atoms with Crippen molar-refractivity contribution in [2.24, 2.45) is 0 Å². The third-order valence-corrected chi connectivity index (χ3v) is 3.04. The fourth-order valence-electron chi connectivity index (χ4n) is 1.68. The fourth-order valence-corrected chi connectivity index (χ4v) is 1.83. The van der Waals surface area contributed by atoms with Crippen LogP contribution in [0, 0.1) is 22.9 Å². The van der Waals surface area contributed by atoms with Crippen LogP contribution < -0.4 is 5.32 Å². The van der Waals surface area contributed by atoms with E-state index in [0.717, 1.165) is 12.1 Å². The Labute approximate surface area is 123 Å². The van der Waals surface area contributed by atoms with Crippen molar-refractivity contribution in [3.8, 4) is 0 Å². The van der Waals surface area contributed by atoms with Crippen molar-refractivity contribution in [1.29, 1.82) is 0 Å². The lowest BCUT2D eigenvalue weighted by atomic mass is 10.1. The summed E-state index contributed by atoms with van der Waals surface area (Å²) in [4.78, 5) is 25.9. The number of halogens is 2. The molecule has 2 aromatic rings. The summed E-state index contributed by atoms with van der Waals surface area (Å²) in [5.41, 5.74) is -0.600. The van der Waals surface area contributed by atoms with E-state index >= 15 is 0 Å². The molecule has 0 spiro atoms. The van der Waals surface area contributed by atoms with E-state index in [1.54, 1.807) is 0 Å². The molecule has 2 rings (SSSR count). The molecule has 0 aliphatic rings. The number of carbonyl (C=O) groups is 1. The van der Waals surface area contributed by atoms with Gasteiger partial charge in [0.05, 0.1) is 27.4 Å². The maximum absolute atomic E-state index is 14.0. The van der Waals surface area contributed by atoms with Gasteiger partial charge in [0.2, 0.25) is 0 Å². The number of anilines is 1. The molecule has 1 heterocycles. The Morgan fingerprint density at radius 3 is 2.81 bits per heavy atom. The molecular weight excluding hydrogens is 301 g/mol. The Balaban J connectivity index is 2.39. The summed E-state index contributed by atoms with van der Waals surface area (Å²) in [7, 11) is 0. The standard InChI is InChI=1S/C13H9ClFN3O3/c1-7-4-8(18(20)21)5-9(12(7)15)13(19)17-11-6-16-3-2-10(11)14/h2-6H,1H3,(H,17,19). The molecule has 0 atom stereocenters. The second-order valence-electron chi connectivity index (χ2n) is 4.19. The zero-order chi connectivity index (χ0) is 15.6. The molecule has 108 valence electrons. The van der Waals surface area contributed by atoms with Gasteiger partial charge < -0.3 is 5.32 Å². The van der Waals surface area contributed by atoms with Gasteiger partial charge in [0, 0.05) is 18.3 Å². The van der Waals surface area contributed by atoms with E-state index in [4.69, 9.17) is 11.6 Å². The Kier molecular flexibility index (Phi) is 4.13. The molecule has 21 heavy (non-hydrogen) atoms. The number of hydrogen-bond acceptors (Lipinski definition) is 4. The molecule has 0 aliphatic carbocycles. The van der Waals surface area contributed by atoms with Crippen LogP contribution in [0.4, 0.5) is 15.8 Å². The van der Waals surface area contributed by atoms with Crippen molar-refractivity contribution in [3.05, 3.63) is 62.7 Å². The number of rotatable bonds is 3. The highest BCUT2D eigenvalue weighted by Crippen LogP contribution is 2.24. The van der Waals surface area contributed by atoms with E-state index in [0.29, 0.717) is 0 Å². The summed E-state index contributed by atoms with van der Waals surface area (Å²) in [6.45, 7) is 1.34. The van der Waals surface area contributed by atoms with E-state index in [9.17, 15) is 19.3 Å². The highest BCUT2D eigenvalue weighted by atomic mass is 35.5. The van der Waals surface area contributed by atoms with Crippen molar-refractivity contribution in [1.82, 2.24) is 4.98 Å². The van der Waals surface area contributed by atoms with Crippen molar-refractivity contribution in [2.45, 2.75) is 6.92 Å². The minimum atomic E-state index is -0.839. The lowest BCUT2D eigenvalue weighted by molar-refractivity contribution is -0.385. The van der Waals surface area contributed by atoms with E-state index in [2.05, 4.69) is 10.3 Å². The van der Waals surface area contributed by atoms with Crippen molar-refractivity contribution >= 4 is 28.9 Å². The van der Waals surface area contributed by atoms with Gasteiger partial charge in [-0.3, -0.25) is 19.9 Å². The predicted molar refractivity (Wildman–Crippen MR) is 75.0 cm³/mol. The van der Waals surface area contributed by atoms with Gasteiger partial charge in [-0.2, -0.15) is 0 Å². The molecule has 0 bridgehead atoms. The highest BCUT2D eigenvalue weighted by molar-refractivity contribution is 6.33. The second kappa shape index (κ2) is 5.84. The summed E-state index contributed by atoms with van der Waals surface area (Å²) in [5, 5.41) is 13.4. The van der Waals surface area contributed by atoms with Gasteiger partial charge in [0.15, 0.2) is 0 Å². The summed E-state index contributed by atoms with van der Waals surface area (Å²) in [6.07, 6.45) is 2.72. The molecule has 8 heteroatoms. The Morgan fingerprint density at radius 1 is 1.48 bits per heavy atom. The number of pyridine rings is 1. The largest absolute Gasteiger partial charge is 0.319 e. The Morgan fingerprint density at radius 2 is 2.19 bits per heavy atom. The van der Waals surface area contributed by atoms with Gasteiger partial charge in [0.25, 0.3) is 11.6 Å². The summed E-state index contributed by atoms with van der Waals surface area (Å²) in [6, 6.07) is 3.39. The highest BCUT2D eigenvalue weighted by Gasteiger charge is 2.20. The monoisotopic (exact) mass is 309 g/mol. The zero-order valence-electron chi connectivity index (χ0n) is 10.8. The molecule has 0 saturated heterocycles. The molecule has 6 nitrogen and oxygen atoms in total. The van der Waals surface area contributed by atoms with Gasteiger partial charge in [-0.05, 0) is 18.6 Å². The van der Waals surface area contributed by atoms with Crippen LogP contribution in [0.25, 0.3) is 0 Å². The number of carbonyl (C=O) groups excluding carboxylic acids is 1. The second-order valence-corrected chi connectivity index (χ2v) is 4.60. The molecule has 1 N–H and O–H groups in total. The molecule has 0 unspecified atom stereocenters. The minimum absolute atomic E-state index is 0.00614. The van der Waals surface area contributed by atoms with Crippen LogP contribution in [0.15, 0.2) is 30.6 Å². The number of aromatic nitrogens is 1. The third-order valence-electron chi connectivity index (χ3n) is 2.71. The Hall–Kier alpha value is -2.54. The van der Waals surface area contributed by atoms with Crippen LogP contribution in [0.2, 0.25) is 5.02 Å². The van der Waals surface area contributed by atoms with Crippen molar-refractivity contribution in [3.63, 3.8) is 0 Å². The van der Waals surface area contributed by atoms with Gasteiger partial charge >= 0.3 is 0 Å². The van der Waals surface area contributed by atoms with Crippen LogP contribution in [0.1, 0.15) is 15.9 Å².